The van der Waals surface area contributed by atoms with Gasteiger partial charge in [0.1, 0.15) is 5.75 Å². The number of aryl methyl sites for hydroxylation is 1. The minimum atomic E-state index is 0.598. The molecule has 0 aliphatic rings. The third kappa shape index (κ3) is 4.67. The Morgan fingerprint density at radius 1 is 1.33 bits per heavy atom. The molecule has 0 spiro atoms. The fraction of sp³-hybridized carbons (Fsp3) is 0.600. The van der Waals surface area contributed by atoms with Crippen molar-refractivity contribution in [3.63, 3.8) is 0 Å². The average molecular weight is 250 g/mol. The van der Waals surface area contributed by atoms with Crippen molar-refractivity contribution in [2.75, 3.05) is 27.2 Å². The van der Waals surface area contributed by atoms with E-state index < -0.39 is 0 Å². The van der Waals surface area contributed by atoms with Crippen molar-refractivity contribution in [1.82, 2.24) is 10.2 Å². The van der Waals surface area contributed by atoms with Crippen LogP contribution in [-0.2, 0) is 6.54 Å². The van der Waals surface area contributed by atoms with E-state index in [4.69, 9.17) is 4.74 Å². The Morgan fingerprint density at radius 3 is 2.67 bits per heavy atom. The Hall–Kier alpha value is -1.06. The summed E-state index contributed by atoms with van der Waals surface area (Å²) in [7, 11) is 3.88. The summed E-state index contributed by atoms with van der Waals surface area (Å²) < 4.78 is 5.37. The molecule has 0 bridgehead atoms. The van der Waals surface area contributed by atoms with E-state index in [1.54, 1.807) is 7.11 Å². The average Bonchev–Trinajstić information content (AvgIpc) is 2.34. The molecule has 0 unspecified atom stereocenters. The van der Waals surface area contributed by atoms with Crippen LogP contribution in [0, 0.1) is 6.92 Å². The molecule has 1 aromatic rings. The second-order valence-electron chi connectivity index (χ2n) is 5.07. The Morgan fingerprint density at radius 2 is 2.06 bits per heavy atom. The van der Waals surface area contributed by atoms with Crippen molar-refractivity contribution in [2.24, 2.45) is 0 Å². The van der Waals surface area contributed by atoms with Crippen LogP contribution in [0.25, 0.3) is 0 Å². The van der Waals surface area contributed by atoms with Gasteiger partial charge in [0.25, 0.3) is 0 Å². The minimum Gasteiger partial charge on any atom is -0.496 e. The van der Waals surface area contributed by atoms with Gasteiger partial charge in [-0.15, -0.1) is 0 Å². The van der Waals surface area contributed by atoms with Crippen LogP contribution >= 0.6 is 0 Å². The molecule has 18 heavy (non-hydrogen) atoms. The number of nitrogens with zero attached hydrogens (tertiary/aromatic N) is 1. The summed E-state index contributed by atoms with van der Waals surface area (Å²) in [5.41, 5.74) is 2.50. The van der Waals surface area contributed by atoms with Crippen LogP contribution in [0.3, 0.4) is 0 Å². The van der Waals surface area contributed by atoms with E-state index in [9.17, 15) is 0 Å². The predicted octanol–water partition coefficient (Wildman–Crippen LogP) is 2.43. The molecule has 1 aromatic carbocycles. The molecule has 0 atom stereocenters. The van der Waals surface area contributed by atoms with Gasteiger partial charge in [0.05, 0.1) is 7.11 Å². The Labute approximate surface area is 111 Å². The van der Waals surface area contributed by atoms with E-state index in [-0.39, 0.29) is 0 Å². The largest absolute Gasteiger partial charge is 0.496 e. The molecule has 3 heteroatoms. The number of benzene rings is 1. The van der Waals surface area contributed by atoms with Gasteiger partial charge in [0.2, 0.25) is 0 Å². The van der Waals surface area contributed by atoms with E-state index in [0.29, 0.717) is 6.04 Å². The molecular weight excluding hydrogens is 224 g/mol. The molecule has 0 heterocycles. The number of hydrogen-bond acceptors (Lipinski definition) is 3. The number of methoxy groups -OCH3 is 1. The van der Waals surface area contributed by atoms with Gasteiger partial charge in [-0.2, -0.15) is 0 Å². The quantitative estimate of drug-likeness (QED) is 0.752. The van der Waals surface area contributed by atoms with Gasteiger partial charge >= 0.3 is 0 Å². The van der Waals surface area contributed by atoms with Gasteiger partial charge in [0, 0.05) is 31.2 Å². The first kappa shape index (κ1) is 15.0. The molecule has 0 aromatic heterocycles. The molecule has 0 saturated heterocycles. The summed E-state index contributed by atoms with van der Waals surface area (Å²) in [6, 6.07) is 6.89. The van der Waals surface area contributed by atoms with Crippen molar-refractivity contribution in [2.45, 2.75) is 33.4 Å². The van der Waals surface area contributed by atoms with Crippen LogP contribution in [0.1, 0.15) is 25.0 Å². The monoisotopic (exact) mass is 250 g/mol. The lowest BCUT2D eigenvalue weighted by Crippen LogP contribution is -2.33. The molecule has 0 amide bonds. The van der Waals surface area contributed by atoms with E-state index in [2.05, 4.69) is 50.2 Å². The third-order valence-corrected chi connectivity index (χ3v) is 3.27. The van der Waals surface area contributed by atoms with Gasteiger partial charge < -0.3 is 15.0 Å². The van der Waals surface area contributed by atoms with Crippen molar-refractivity contribution < 1.29 is 4.74 Å². The van der Waals surface area contributed by atoms with E-state index >= 15 is 0 Å². The van der Waals surface area contributed by atoms with Crippen LogP contribution in [0.2, 0.25) is 0 Å². The maximum absolute atomic E-state index is 5.37. The first-order chi connectivity index (χ1) is 8.54. The fourth-order valence-corrected chi connectivity index (χ4v) is 1.78. The van der Waals surface area contributed by atoms with E-state index in [1.807, 2.05) is 6.07 Å². The molecular formula is C15H26N2O. The number of nitrogens with one attached hydrogen (secondary N) is 1. The molecule has 1 rings (SSSR count). The van der Waals surface area contributed by atoms with Crippen LogP contribution in [0.5, 0.6) is 5.75 Å². The molecule has 3 nitrogen and oxygen atoms in total. The van der Waals surface area contributed by atoms with Crippen LogP contribution < -0.4 is 10.1 Å². The molecule has 0 radical (unpaired) electrons. The van der Waals surface area contributed by atoms with Gasteiger partial charge in [-0.1, -0.05) is 17.7 Å². The normalized spacial score (nSPS) is 11.3. The Balaban J connectivity index is 2.41. The second kappa shape index (κ2) is 7.39. The Bertz CT molecular complexity index is 364. The number of likely N-dealkylation sites (N-methyl/N-ethyl adjacent to an activating group) is 1. The Kier molecular flexibility index (Phi) is 6.16. The summed E-state index contributed by atoms with van der Waals surface area (Å²) in [5, 5.41) is 3.47. The molecule has 1 N–H and O–H groups in total. The number of hydrogen-bond donors (Lipinski definition) is 1. The van der Waals surface area contributed by atoms with Crippen LogP contribution in [-0.4, -0.2) is 38.2 Å². The van der Waals surface area contributed by atoms with Gasteiger partial charge in [-0.25, -0.2) is 0 Å². The van der Waals surface area contributed by atoms with Crippen molar-refractivity contribution in [3.8, 4) is 5.75 Å². The lowest BCUT2D eigenvalue weighted by molar-refractivity contribution is 0.273. The number of ether oxygens (including phenoxy) is 1. The zero-order chi connectivity index (χ0) is 13.5. The smallest absolute Gasteiger partial charge is 0.123 e. The van der Waals surface area contributed by atoms with Gasteiger partial charge in [-0.3, -0.25) is 0 Å². The standard InChI is InChI=1S/C15H26N2O/c1-12(2)17(4)9-8-16-11-14-10-13(3)6-7-15(14)18-5/h6-7,10,12,16H,8-9,11H2,1-5H3. The number of rotatable bonds is 7. The van der Waals surface area contributed by atoms with Gasteiger partial charge in [-0.05, 0) is 33.9 Å². The highest BCUT2D eigenvalue weighted by Gasteiger charge is 2.04. The first-order valence-electron chi connectivity index (χ1n) is 6.59. The van der Waals surface area contributed by atoms with Crippen molar-refractivity contribution in [1.29, 1.82) is 0 Å². The highest BCUT2D eigenvalue weighted by Crippen LogP contribution is 2.19. The van der Waals surface area contributed by atoms with Crippen molar-refractivity contribution in [3.05, 3.63) is 29.3 Å². The van der Waals surface area contributed by atoms with Gasteiger partial charge in [0.15, 0.2) is 0 Å². The zero-order valence-corrected chi connectivity index (χ0v) is 12.3. The summed E-state index contributed by atoms with van der Waals surface area (Å²) >= 11 is 0. The van der Waals surface area contributed by atoms with E-state index in [0.717, 1.165) is 25.4 Å². The maximum Gasteiger partial charge on any atom is 0.123 e. The van der Waals surface area contributed by atoms with E-state index in [1.165, 1.54) is 11.1 Å². The molecule has 102 valence electrons. The minimum absolute atomic E-state index is 0.598. The maximum atomic E-state index is 5.37. The van der Waals surface area contributed by atoms with Crippen LogP contribution in [0.4, 0.5) is 0 Å². The molecule has 0 saturated carbocycles. The first-order valence-corrected chi connectivity index (χ1v) is 6.59. The molecule has 0 fully saturated rings. The third-order valence-electron chi connectivity index (χ3n) is 3.27. The summed E-state index contributed by atoms with van der Waals surface area (Å²) in [5.74, 6) is 0.963. The highest BCUT2D eigenvalue weighted by molar-refractivity contribution is 5.36. The topological polar surface area (TPSA) is 24.5 Å². The SMILES string of the molecule is COc1ccc(C)cc1CNCCN(C)C(C)C. The predicted molar refractivity (Wildman–Crippen MR) is 77.2 cm³/mol. The zero-order valence-electron chi connectivity index (χ0n) is 12.3. The lowest BCUT2D eigenvalue weighted by atomic mass is 10.1. The second-order valence-corrected chi connectivity index (χ2v) is 5.07. The summed E-state index contributed by atoms with van der Waals surface area (Å²) in [4.78, 5) is 2.33. The fourth-order valence-electron chi connectivity index (χ4n) is 1.78. The summed E-state index contributed by atoms with van der Waals surface area (Å²) in [6.07, 6.45) is 0. The highest BCUT2D eigenvalue weighted by atomic mass is 16.5. The summed E-state index contributed by atoms with van der Waals surface area (Å²) in [6.45, 7) is 9.44. The molecule has 0 aliphatic heterocycles. The molecule has 0 aliphatic carbocycles. The van der Waals surface area contributed by atoms with Crippen molar-refractivity contribution >= 4 is 0 Å². The lowest BCUT2D eigenvalue weighted by Gasteiger charge is -2.21. The van der Waals surface area contributed by atoms with Crippen LogP contribution in [0.15, 0.2) is 18.2 Å².